The van der Waals surface area contributed by atoms with E-state index >= 15 is 0 Å². The molecule has 0 aliphatic rings. The van der Waals surface area contributed by atoms with Gasteiger partial charge in [-0.05, 0) is 47.9 Å². The van der Waals surface area contributed by atoms with Gasteiger partial charge in [0.15, 0.2) is 5.78 Å². The van der Waals surface area contributed by atoms with Gasteiger partial charge in [-0.15, -0.1) is 0 Å². The predicted molar refractivity (Wildman–Crippen MR) is 118 cm³/mol. The zero-order valence-corrected chi connectivity index (χ0v) is 17.7. The van der Waals surface area contributed by atoms with Crippen LogP contribution >= 0.6 is 23.2 Å². The number of carbonyl (C=O) groups is 2. The van der Waals surface area contributed by atoms with Crippen molar-refractivity contribution >= 4 is 35.0 Å². The van der Waals surface area contributed by atoms with Gasteiger partial charge >= 0.3 is 5.97 Å². The van der Waals surface area contributed by atoms with Crippen molar-refractivity contribution in [3.63, 3.8) is 0 Å². The smallest absolute Gasteiger partial charge is 0.338 e. The Morgan fingerprint density at radius 1 is 0.828 bits per heavy atom. The van der Waals surface area contributed by atoms with Crippen molar-refractivity contribution in [1.82, 2.24) is 0 Å². The number of benzene rings is 3. The van der Waals surface area contributed by atoms with Crippen LogP contribution in [0.5, 0.6) is 0 Å². The Morgan fingerprint density at radius 3 is 2.14 bits per heavy atom. The van der Waals surface area contributed by atoms with E-state index in [-0.39, 0.29) is 12.4 Å². The third-order valence-electron chi connectivity index (χ3n) is 4.58. The first-order chi connectivity index (χ1) is 14.0. The molecule has 0 amide bonds. The van der Waals surface area contributed by atoms with Crippen LogP contribution in [0.15, 0.2) is 60.7 Å². The molecular formula is C24H20Cl2O3. The van der Waals surface area contributed by atoms with Gasteiger partial charge in [-0.1, -0.05) is 66.5 Å². The number of ether oxygens (including phenoxy) is 1. The lowest BCUT2D eigenvalue weighted by atomic mass is 9.88. The highest BCUT2D eigenvalue weighted by molar-refractivity contribution is 6.36. The lowest BCUT2D eigenvalue weighted by Gasteiger charge is -2.17. The van der Waals surface area contributed by atoms with E-state index in [1.165, 1.54) is 0 Å². The molecule has 29 heavy (non-hydrogen) atoms. The van der Waals surface area contributed by atoms with E-state index in [9.17, 15) is 9.59 Å². The zero-order chi connectivity index (χ0) is 21.0. The van der Waals surface area contributed by atoms with E-state index in [1.807, 2.05) is 37.3 Å². The number of Topliss-reactive ketones (excluding diaryl/α,β-unsaturated/α-hetero) is 1. The van der Waals surface area contributed by atoms with Crippen LogP contribution in [-0.4, -0.2) is 18.4 Å². The Bertz CT molecular complexity index is 1060. The molecule has 0 atom stereocenters. The second-order valence-corrected chi connectivity index (χ2v) is 7.27. The van der Waals surface area contributed by atoms with E-state index < -0.39 is 5.97 Å². The first-order valence-corrected chi connectivity index (χ1v) is 10.1. The molecule has 5 heteroatoms. The molecule has 0 aliphatic heterocycles. The minimum Gasteiger partial charge on any atom is -0.462 e. The summed E-state index contributed by atoms with van der Waals surface area (Å²) in [5, 5.41) is 0.882. The Balaban J connectivity index is 2.34. The Morgan fingerprint density at radius 2 is 1.52 bits per heavy atom. The summed E-state index contributed by atoms with van der Waals surface area (Å²) in [7, 11) is 0. The fourth-order valence-electron chi connectivity index (χ4n) is 3.19. The molecule has 0 saturated heterocycles. The number of carbonyl (C=O) groups excluding carboxylic acids is 2. The Labute approximate surface area is 180 Å². The third-order valence-corrected chi connectivity index (χ3v) is 5.13. The minimum atomic E-state index is -0.471. The van der Waals surface area contributed by atoms with E-state index in [1.54, 1.807) is 37.3 Å². The van der Waals surface area contributed by atoms with Gasteiger partial charge in [0.2, 0.25) is 0 Å². The van der Waals surface area contributed by atoms with Crippen LogP contribution in [0.3, 0.4) is 0 Å². The minimum absolute atomic E-state index is 0.0226. The van der Waals surface area contributed by atoms with Crippen molar-refractivity contribution in [2.45, 2.75) is 20.3 Å². The number of halogens is 2. The summed E-state index contributed by atoms with van der Waals surface area (Å²) in [5.74, 6) is -0.494. The molecule has 0 aliphatic carbocycles. The van der Waals surface area contributed by atoms with Crippen molar-refractivity contribution in [2.24, 2.45) is 0 Å². The summed E-state index contributed by atoms with van der Waals surface area (Å²) in [4.78, 5) is 25.5. The van der Waals surface area contributed by atoms with Gasteiger partial charge in [0, 0.05) is 27.6 Å². The van der Waals surface area contributed by atoms with Crippen LogP contribution in [0.2, 0.25) is 10.0 Å². The number of hydrogen-bond donors (Lipinski definition) is 0. The average molecular weight is 427 g/mol. The molecule has 148 valence electrons. The molecule has 3 aromatic carbocycles. The summed E-state index contributed by atoms with van der Waals surface area (Å²) in [6.07, 6.45) is 0.340. The topological polar surface area (TPSA) is 43.4 Å². The molecule has 3 aromatic rings. The number of rotatable bonds is 6. The fraction of sp³-hybridized carbons (Fsp3) is 0.167. The summed E-state index contributed by atoms with van der Waals surface area (Å²) < 4.78 is 5.28. The highest BCUT2D eigenvalue weighted by Gasteiger charge is 2.22. The molecule has 3 nitrogen and oxygen atoms in total. The molecule has 3 rings (SSSR count). The van der Waals surface area contributed by atoms with Gasteiger partial charge < -0.3 is 4.74 Å². The maximum atomic E-state index is 12.8. The maximum absolute atomic E-state index is 12.8. The standard InChI is InChI=1S/C24H20Cl2O3/c1-3-23(27)20-14-19(17-11-10-16(25)12-22(17)26)21(24(28)29-4-2)13-18(20)15-8-6-5-7-9-15/h5-14H,3-4H2,1-2H3. The molecule has 0 bridgehead atoms. The fourth-order valence-corrected chi connectivity index (χ4v) is 3.70. The van der Waals surface area contributed by atoms with Gasteiger partial charge in [-0.3, -0.25) is 4.79 Å². The Hall–Kier alpha value is -2.62. The summed E-state index contributed by atoms with van der Waals surface area (Å²) in [5.41, 5.74) is 3.58. The van der Waals surface area contributed by atoms with Crippen LogP contribution in [0, 0.1) is 0 Å². The van der Waals surface area contributed by atoms with E-state index in [2.05, 4.69) is 0 Å². The van der Waals surface area contributed by atoms with Crippen molar-refractivity contribution < 1.29 is 14.3 Å². The maximum Gasteiger partial charge on any atom is 0.338 e. The van der Waals surface area contributed by atoms with Gasteiger partial charge in [-0.2, -0.15) is 0 Å². The lowest BCUT2D eigenvalue weighted by molar-refractivity contribution is 0.0527. The van der Waals surface area contributed by atoms with E-state index in [4.69, 9.17) is 27.9 Å². The molecule has 0 N–H and O–H groups in total. The molecule has 0 unspecified atom stereocenters. The largest absolute Gasteiger partial charge is 0.462 e. The van der Waals surface area contributed by atoms with Crippen LogP contribution in [0.25, 0.3) is 22.3 Å². The second kappa shape index (κ2) is 9.25. The molecule has 0 saturated carbocycles. The van der Waals surface area contributed by atoms with Crippen LogP contribution in [-0.2, 0) is 4.74 Å². The SMILES string of the molecule is CCOC(=O)c1cc(-c2ccccc2)c(C(=O)CC)cc1-c1ccc(Cl)cc1Cl. The summed E-state index contributed by atoms with van der Waals surface area (Å²) in [6, 6.07) is 18.0. The van der Waals surface area contributed by atoms with Crippen molar-refractivity contribution in [1.29, 1.82) is 0 Å². The first-order valence-electron chi connectivity index (χ1n) is 9.35. The van der Waals surface area contributed by atoms with Gasteiger partial charge in [0.25, 0.3) is 0 Å². The van der Waals surface area contributed by atoms with Gasteiger partial charge in [-0.25, -0.2) is 4.79 Å². The molecule has 0 spiro atoms. The summed E-state index contributed by atoms with van der Waals surface area (Å²) >= 11 is 12.5. The van der Waals surface area contributed by atoms with Crippen molar-refractivity contribution in [2.75, 3.05) is 6.61 Å². The van der Waals surface area contributed by atoms with Crippen molar-refractivity contribution in [3.8, 4) is 22.3 Å². The normalized spacial score (nSPS) is 10.6. The van der Waals surface area contributed by atoms with Gasteiger partial charge in [0.05, 0.1) is 12.2 Å². The number of hydrogen-bond acceptors (Lipinski definition) is 3. The van der Waals surface area contributed by atoms with Crippen LogP contribution in [0.4, 0.5) is 0 Å². The Kier molecular flexibility index (Phi) is 6.73. The van der Waals surface area contributed by atoms with Gasteiger partial charge in [0.1, 0.15) is 0 Å². The second-order valence-electron chi connectivity index (χ2n) is 6.43. The lowest BCUT2D eigenvalue weighted by Crippen LogP contribution is -2.10. The molecule has 0 heterocycles. The quantitative estimate of drug-likeness (QED) is 0.311. The molecular weight excluding hydrogens is 407 g/mol. The monoisotopic (exact) mass is 426 g/mol. The highest BCUT2D eigenvalue weighted by Crippen LogP contribution is 2.37. The van der Waals surface area contributed by atoms with Crippen LogP contribution in [0.1, 0.15) is 41.0 Å². The molecule has 0 fully saturated rings. The number of esters is 1. The third kappa shape index (κ3) is 4.52. The van der Waals surface area contributed by atoms with E-state index in [0.717, 1.165) is 5.56 Å². The van der Waals surface area contributed by atoms with Crippen LogP contribution < -0.4 is 0 Å². The summed E-state index contributed by atoms with van der Waals surface area (Å²) in [6.45, 7) is 3.80. The first kappa shape index (κ1) is 21.1. The highest BCUT2D eigenvalue weighted by atomic mass is 35.5. The zero-order valence-electron chi connectivity index (χ0n) is 16.2. The average Bonchev–Trinajstić information content (AvgIpc) is 2.73. The molecule has 0 radical (unpaired) electrons. The molecule has 0 aromatic heterocycles. The predicted octanol–water partition coefficient (Wildman–Crippen LogP) is 7.10. The number of ketones is 1. The van der Waals surface area contributed by atoms with E-state index in [0.29, 0.717) is 44.3 Å². The van der Waals surface area contributed by atoms with Crippen molar-refractivity contribution in [3.05, 3.63) is 81.8 Å².